The van der Waals surface area contributed by atoms with Crippen molar-refractivity contribution >= 4 is 34.6 Å². The fourth-order valence-corrected chi connectivity index (χ4v) is 4.41. The van der Waals surface area contributed by atoms with E-state index in [4.69, 9.17) is 4.74 Å². The molecule has 0 aliphatic carbocycles. The Kier molecular flexibility index (Phi) is 7.28. The van der Waals surface area contributed by atoms with E-state index in [1.165, 1.54) is 11.3 Å². The van der Waals surface area contributed by atoms with Crippen LogP contribution in [0.5, 0.6) is 0 Å². The Morgan fingerprint density at radius 3 is 2.72 bits per heavy atom. The summed E-state index contributed by atoms with van der Waals surface area (Å²) in [6.45, 7) is 7.07. The summed E-state index contributed by atoms with van der Waals surface area (Å²) >= 11 is 1.38. The van der Waals surface area contributed by atoms with Gasteiger partial charge in [0.2, 0.25) is 0 Å². The molecule has 4 rings (SSSR count). The Morgan fingerprint density at radius 1 is 1.16 bits per heavy atom. The van der Waals surface area contributed by atoms with Gasteiger partial charge in [0, 0.05) is 30.1 Å². The zero-order valence-corrected chi connectivity index (χ0v) is 19.2. The lowest BCUT2D eigenvalue weighted by molar-refractivity contribution is 0.0532. The van der Waals surface area contributed by atoms with E-state index in [-0.39, 0.29) is 5.97 Å². The zero-order valence-electron chi connectivity index (χ0n) is 18.4. The van der Waals surface area contributed by atoms with Crippen molar-refractivity contribution in [2.45, 2.75) is 26.7 Å². The van der Waals surface area contributed by atoms with Gasteiger partial charge in [0.1, 0.15) is 16.5 Å². The van der Waals surface area contributed by atoms with Crippen molar-refractivity contribution in [3.63, 3.8) is 0 Å². The van der Waals surface area contributed by atoms with Crippen LogP contribution in [0.4, 0.5) is 17.3 Å². The number of aromatic nitrogens is 3. The molecule has 3 aromatic rings. The Bertz CT molecular complexity index is 1050. The maximum Gasteiger partial charge on any atom is 0.348 e. The molecule has 0 unspecified atom stereocenters. The second-order valence-electron chi connectivity index (χ2n) is 7.78. The van der Waals surface area contributed by atoms with Gasteiger partial charge >= 0.3 is 5.97 Å². The second-order valence-corrected chi connectivity index (χ2v) is 8.69. The molecule has 3 aromatic heterocycles. The first kappa shape index (κ1) is 22.2. The van der Waals surface area contributed by atoms with E-state index < -0.39 is 0 Å². The number of anilines is 3. The van der Waals surface area contributed by atoms with E-state index in [9.17, 15) is 4.79 Å². The van der Waals surface area contributed by atoms with Crippen molar-refractivity contribution < 1.29 is 9.53 Å². The fourth-order valence-electron chi connectivity index (χ4n) is 3.62. The highest BCUT2D eigenvalue weighted by atomic mass is 32.1. The summed E-state index contributed by atoms with van der Waals surface area (Å²) in [5.74, 6) is 1.65. The summed E-state index contributed by atoms with van der Waals surface area (Å²) in [6, 6.07) is 3.85. The Hall–Kier alpha value is -3.04. The number of rotatable bonds is 8. The third-order valence-electron chi connectivity index (χ3n) is 5.37. The molecule has 0 saturated carbocycles. The van der Waals surface area contributed by atoms with E-state index in [0.29, 0.717) is 29.0 Å². The summed E-state index contributed by atoms with van der Waals surface area (Å²) < 4.78 is 5.14. The van der Waals surface area contributed by atoms with E-state index in [1.54, 1.807) is 12.4 Å². The molecule has 1 saturated heterocycles. The molecule has 3 N–H and O–H groups in total. The Labute approximate surface area is 191 Å². The normalized spacial score (nSPS) is 14.2. The van der Waals surface area contributed by atoms with Crippen LogP contribution < -0.4 is 16.0 Å². The number of nitrogens with zero attached hydrogens (tertiary/aromatic N) is 3. The summed E-state index contributed by atoms with van der Waals surface area (Å²) in [7, 11) is 0. The molecule has 1 aliphatic heterocycles. The van der Waals surface area contributed by atoms with Gasteiger partial charge in [-0.15, -0.1) is 11.3 Å². The topological polar surface area (TPSA) is 101 Å². The molecule has 0 radical (unpaired) electrons. The molecule has 0 spiro atoms. The van der Waals surface area contributed by atoms with Crippen molar-refractivity contribution in [1.82, 2.24) is 20.3 Å². The smallest absolute Gasteiger partial charge is 0.348 e. The summed E-state index contributed by atoms with van der Waals surface area (Å²) in [4.78, 5) is 25.9. The molecular formula is C23H28N6O2S. The number of ether oxygens (including phenoxy) is 1. The maximum absolute atomic E-state index is 12.1. The monoisotopic (exact) mass is 452 g/mol. The minimum atomic E-state index is -0.294. The van der Waals surface area contributed by atoms with Gasteiger partial charge < -0.3 is 20.7 Å². The van der Waals surface area contributed by atoms with Crippen LogP contribution in [0.15, 0.2) is 36.1 Å². The third-order valence-corrected chi connectivity index (χ3v) is 6.28. The summed E-state index contributed by atoms with van der Waals surface area (Å²) in [5, 5.41) is 12.2. The lowest BCUT2D eigenvalue weighted by atomic mass is 9.98. The summed E-state index contributed by atoms with van der Waals surface area (Å²) in [5.41, 5.74) is 3.72. The number of hydrogen-bond donors (Lipinski definition) is 3. The molecule has 0 amide bonds. The van der Waals surface area contributed by atoms with E-state index in [1.807, 2.05) is 37.6 Å². The maximum atomic E-state index is 12.1. The van der Waals surface area contributed by atoms with Crippen LogP contribution in [-0.2, 0) is 4.74 Å². The SMILES string of the molecule is CCOC(=O)c1cc(-c2cnc(Nc3cnc(C)cn3)cc2NCC2CCNCC2)cs1. The van der Waals surface area contributed by atoms with Gasteiger partial charge in [-0.3, -0.25) is 4.98 Å². The highest BCUT2D eigenvalue weighted by Gasteiger charge is 2.17. The zero-order chi connectivity index (χ0) is 22.3. The van der Waals surface area contributed by atoms with Crippen molar-refractivity contribution in [2.75, 3.05) is 36.9 Å². The number of carbonyl (C=O) groups excluding carboxylic acids is 1. The second kappa shape index (κ2) is 10.5. The molecule has 4 heterocycles. The van der Waals surface area contributed by atoms with E-state index in [2.05, 4.69) is 30.9 Å². The van der Waals surface area contributed by atoms with Crippen molar-refractivity contribution in [1.29, 1.82) is 0 Å². The van der Waals surface area contributed by atoms with Crippen LogP contribution in [0.1, 0.15) is 35.1 Å². The lowest BCUT2D eigenvalue weighted by Crippen LogP contribution is -2.31. The van der Waals surface area contributed by atoms with Crippen molar-refractivity contribution in [2.24, 2.45) is 5.92 Å². The lowest BCUT2D eigenvalue weighted by Gasteiger charge is -2.24. The van der Waals surface area contributed by atoms with Gasteiger partial charge in [-0.1, -0.05) is 0 Å². The minimum Gasteiger partial charge on any atom is -0.462 e. The largest absolute Gasteiger partial charge is 0.462 e. The Balaban J connectivity index is 1.58. The number of hydrogen-bond acceptors (Lipinski definition) is 9. The van der Waals surface area contributed by atoms with Gasteiger partial charge in [0.05, 0.1) is 24.7 Å². The average Bonchev–Trinajstić information content (AvgIpc) is 3.30. The molecular weight excluding hydrogens is 424 g/mol. The number of nitrogens with one attached hydrogen (secondary N) is 3. The number of piperidine rings is 1. The fraction of sp³-hybridized carbons (Fsp3) is 0.391. The molecule has 0 aromatic carbocycles. The van der Waals surface area contributed by atoms with Gasteiger partial charge in [-0.25, -0.2) is 14.8 Å². The first-order chi connectivity index (χ1) is 15.6. The van der Waals surface area contributed by atoms with Crippen molar-refractivity contribution in [3.05, 3.63) is 46.7 Å². The minimum absolute atomic E-state index is 0.294. The van der Waals surface area contributed by atoms with Crippen LogP contribution in [0.3, 0.4) is 0 Å². The number of aryl methyl sites for hydroxylation is 1. The quantitative estimate of drug-likeness (QED) is 0.436. The van der Waals surface area contributed by atoms with Crippen LogP contribution in [0.25, 0.3) is 11.1 Å². The number of esters is 1. The highest BCUT2D eigenvalue weighted by Crippen LogP contribution is 2.33. The highest BCUT2D eigenvalue weighted by molar-refractivity contribution is 7.12. The van der Waals surface area contributed by atoms with Gasteiger partial charge in [-0.05, 0) is 62.7 Å². The molecule has 168 valence electrons. The molecule has 8 nitrogen and oxygen atoms in total. The van der Waals surface area contributed by atoms with E-state index >= 15 is 0 Å². The molecule has 1 fully saturated rings. The van der Waals surface area contributed by atoms with Crippen LogP contribution in [0, 0.1) is 12.8 Å². The van der Waals surface area contributed by atoms with Gasteiger partial charge in [0.25, 0.3) is 0 Å². The summed E-state index contributed by atoms with van der Waals surface area (Å²) in [6.07, 6.45) is 7.55. The molecule has 0 atom stereocenters. The predicted molar refractivity (Wildman–Crippen MR) is 128 cm³/mol. The Morgan fingerprint density at radius 2 is 1.97 bits per heavy atom. The first-order valence-electron chi connectivity index (χ1n) is 10.9. The molecule has 1 aliphatic rings. The first-order valence-corrected chi connectivity index (χ1v) is 11.8. The number of carbonyl (C=O) groups is 1. The van der Waals surface area contributed by atoms with E-state index in [0.717, 1.165) is 55.0 Å². The number of pyridine rings is 1. The van der Waals surface area contributed by atoms with Gasteiger partial charge in [0.15, 0.2) is 0 Å². The van der Waals surface area contributed by atoms with Gasteiger partial charge in [-0.2, -0.15) is 0 Å². The molecule has 9 heteroatoms. The third kappa shape index (κ3) is 5.60. The van der Waals surface area contributed by atoms with Crippen LogP contribution in [-0.4, -0.2) is 47.2 Å². The van der Waals surface area contributed by atoms with Crippen molar-refractivity contribution in [3.8, 4) is 11.1 Å². The van der Waals surface area contributed by atoms with Crippen LogP contribution >= 0.6 is 11.3 Å². The average molecular weight is 453 g/mol. The van der Waals surface area contributed by atoms with Crippen LogP contribution in [0.2, 0.25) is 0 Å². The standard InChI is InChI=1S/C23H28N6O2S/c1-3-31-23(30)20-8-17(14-32-20)18-12-28-21(29-22-13-25-15(2)10-27-22)9-19(18)26-11-16-4-6-24-7-5-16/h8-10,12-14,16,24H,3-7,11H2,1-2H3,(H2,26,27,28,29). The molecule has 32 heavy (non-hydrogen) atoms. The predicted octanol–water partition coefficient (Wildman–Crippen LogP) is 4.24. The molecule has 0 bridgehead atoms. The number of thiophene rings is 1.